The van der Waals surface area contributed by atoms with E-state index in [-0.39, 0.29) is 29.5 Å². The monoisotopic (exact) mass is 470 g/mol. The highest BCUT2D eigenvalue weighted by Gasteiger charge is 2.31. The minimum Gasteiger partial charge on any atom is -0.356 e. The number of para-hydroxylation sites is 1. The van der Waals surface area contributed by atoms with Crippen LogP contribution in [-0.4, -0.2) is 47.6 Å². The van der Waals surface area contributed by atoms with Gasteiger partial charge in [0.15, 0.2) is 0 Å². The van der Waals surface area contributed by atoms with Gasteiger partial charge in [0.1, 0.15) is 23.8 Å². The number of carbonyl (C=O) groups excluding carboxylic acids is 4. The second-order valence-corrected chi connectivity index (χ2v) is 9.42. The van der Waals surface area contributed by atoms with Crippen molar-refractivity contribution in [2.24, 2.45) is 11.8 Å². The number of nitrogens with one attached hydrogen (secondary N) is 4. The molecule has 0 spiro atoms. The topological polar surface area (TPSA) is 120 Å². The average molecular weight is 471 g/mol. The van der Waals surface area contributed by atoms with Gasteiger partial charge in [0, 0.05) is 17.8 Å². The third-order valence-electron chi connectivity index (χ3n) is 6.96. The number of hydrogen-bond acceptors (Lipinski definition) is 4. The van der Waals surface area contributed by atoms with E-state index in [4.69, 9.17) is 0 Å². The zero-order chi connectivity index (χ0) is 24.1. The van der Waals surface area contributed by atoms with Crippen molar-refractivity contribution < 1.29 is 23.6 Å². The van der Waals surface area contributed by atoms with E-state index in [2.05, 4.69) is 20.9 Å². The van der Waals surface area contributed by atoms with Crippen LogP contribution < -0.4 is 16.0 Å². The minimum absolute atomic E-state index is 0.112. The Bertz CT molecular complexity index is 1060. The normalized spacial score (nSPS) is 20.5. The van der Waals surface area contributed by atoms with E-state index in [0.717, 1.165) is 32.1 Å². The zero-order valence-electron chi connectivity index (χ0n) is 19.1. The summed E-state index contributed by atoms with van der Waals surface area (Å²) in [7, 11) is 0. The van der Waals surface area contributed by atoms with E-state index < -0.39 is 29.7 Å². The summed E-state index contributed by atoms with van der Waals surface area (Å²) in [5.74, 6) is -1.55. The van der Waals surface area contributed by atoms with Crippen molar-refractivity contribution in [3.8, 4) is 0 Å². The molecule has 2 aromatic rings. The number of benzene rings is 1. The van der Waals surface area contributed by atoms with Gasteiger partial charge in [0.2, 0.25) is 11.8 Å². The first-order valence-electron chi connectivity index (χ1n) is 12.1. The lowest BCUT2D eigenvalue weighted by atomic mass is 9.84. The molecule has 2 heterocycles. The lowest BCUT2D eigenvalue weighted by Crippen LogP contribution is -2.51. The molecule has 3 atom stereocenters. The number of fused-ring (bicyclic) bond motifs is 1. The lowest BCUT2D eigenvalue weighted by Gasteiger charge is -2.27. The number of aldehydes is 1. The van der Waals surface area contributed by atoms with E-state index in [1.165, 1.54) is 6.07 Å². The number of hydrogen-bond donors (Lipinski definition) is 4. The second kappa shape index (κ2) is 10.8. The van der Waals surface area contributed by atoms with Crippen molar-refractivity contribution in [1.29, 1.82) is 0 Å². The van der Waals surface area contributed by atoms with Crippen molar-refractivity contribution in [3.63, 3.8) is 0 Å². The molecule has 3 amide bonds. The van der Waals surface area contributed by atoms with Crippen LogP contribution in [0, 0.1) is 17.7 Å². The molecule has 0 radical (unpaired) electrons. The Balaban J connectivity index is 1.47. The van der Waals surface area contributed by atoms with Gasteiger partial charge in [-0.15, -0.1) is 0 Å². The van der Waals surface area contributed by atoms with E-state index in [1.807, 2.05) is 0 Å². The summed E-state index contributed by atoms with van der Waals surface area (Å²) in [6.07, 6.45) is 7.25. The molecule has 2 aliphatic rings. The Morgan fingerprint density at radius 1 is 1.12 bits per heavy atom. The number of halogens is 1. The van der Waals surface area contributed by atoms with Gasteiger partial charge in [-0.05, 0) is 37.3 Å². The molecule has 4 rings (SSSR count). The second-order valence-electron chi connectivity index (χ2n) is 9.42. The zero-order valence-corrected chi connectivity index (χ0v) is 19.1. The van der Waals surface area contributed by atoms with Gasteiger partial charge < -0.3 is 25.7 Å². The van der Waals surface area contributed by atoms with Crippen molar-refractivity contribution >= 4 is 34.9 Å². The maximum atomic E-state index is 14.1. The Morgan fingerprint density at radius 2 is 1.91 bits per heavy atom. The van der Waals surface area contributed by atoms with Crippen LogP contribution in [0.2, 0.25) is 0 Å². The molecule has 8 nitrogen and oxygen atoms in total. The van der Waals surface area contributed by atoms with E-state index in [0.29, 0.717) is 37.0 Å². The van der Waals surface area contributed by atoms with Gasteiger partial charge in [-0.2, -0.15) is 0 Å². The molecule has 0 bridgehead atoms. The smallest absolute Gasteiger partial charge is 0.268 e. The van der Waals surface area contributed by atoms with Gasteiger partial charge in [-0.1, -0.05) is 44.2 Å². The fourth-order valence-electron chi connectivity index (χ4n) is 5.07. The predicted octanol–water partition coefficient (Wildman–Crippen LogP) is 2.59. The molecule has 0 unspecified atom stereocenters. The summed E-state index contributed by atoms with van der Waals surface area (Å²) in [4.78, 5) is 52.5. The van der Waals surface area contributed by atoms with Crippen LogP contribution in [0.25, 0.3) is 10.9 Å². The third-order valence-corrected chi connectivity index (χ3v) is 6.96. The molecule has 1 aliphatic heterocycles. The third kappa shape index (κ3) is 5.63. The number of aromatic amines is 1. The number of aromatic nitrogens is 1. The summed E-state index contributed by atoms with van der Waals surface area (Å²) in [5.41, 5.74) is 0.396. The van der Waals surface area contributed by atoms with Crippen LogP contribution in [-0.2, 0) is 14.4 Å². The van der Waals surface area contributed by atoms with Crippen LogP contribution in [0.15, 0.2) is 24.3 Å². The Hall–Kier alpha value is -3.23. The fourth-order valence-corrected chi connectivity index (χ4v) is 5.07. The van der Waals surface area contributed by atoms with E-state index >= 15 is 0 Å². The molecule has 1 aromatic carbocycles. The lowest BCUT2D eigenvalue weighted by molar-refractivity contribution is -0.127. The molecular formula is C25H31FN4O4. The largest absolute Gasteiger partial charge is 0.356 e. The quantitative estimate of drug-likeness (QED) is 0.421. The van der Waals surface area contributed by atoms with Crippen molar-refractivity contribution in [3.05, 3.63) is 35.8 Å². The van der Waals surface area contributed by atoms with Crippen LogP contribution in [0.3, 0.4) is 0 Å². The highest BCUT2D eigenvalue weighted by atomic mass is 19.1. The molecule has 1 aliphatic carbocycles. The van der Waals surface area contributed by atoms with Crippen LogP contribution in [0.4, 0.5) is 4.39 Å². The minimum atomic E-state index is -0.841. The van der Waals surface area contributed by atoms with Gasteiger partial charge in [-0.3, -0.25) is 14.4 Å². The summed E-state index contributed by atoms with van der Waals surface area (Å²) in [6.45, 7) is 0.564. The van der Waals surface area contributed by atoms with Crippen LogP contribution in [0.5, 0.6) is 0 Å². The number of H-pyrrole nitrogens is 1. The fraction of sp³-hybridized carbons (Fsp3) is 0.520. The number of rotatable bonds is 9. The molecule has 34 heavy (non-hydrogen) atoms. The maximum absolute atomic E-state index is 14.1. The Kier molecular flexibility index (Phi) is 7.59. The standard InChI is InChI=1S/C25H31FN4O4/c26-19-8-4-7-16-13-21(29-22(16)19)25(34)30-20(11-15-5-2-1-3-6-15)24(33)28-18(14-31)12-17-9-10-27-23(17)32/h4,7-8,13-15,17-18,20,29H,1-3,5-6,9-12H2,(H,27,32)(H,28,33)(H,30,34)/t17-,18-,20-/m0/s1. The van der Waals surface area contributed by atoms with Gasteiger partial charge >= 0.3 is 0 Å². The van der Waals surface area contributed by atoms with Crippen LogP contribution in [0.1, 0.15) is 61.9 Å². The van der Waals surface area contributed by atoms with Crippen LogP contribution >= 0.6 is 0 Å². The summed E-state index contributed by atoms with van der Waals surface area (Å²) >= 11 is 0. The Morgan fingerprint density at radius 3 is 2.59 bits per heavy atom. The van der Waals surface area contributed by atoms with Gasteiger partial charge in [0.05, 0.1) is 11.6 Å². The molecule has 9 heteroatoms. The summed E-state index contributed by atoms with van der Waals surface area (Å²) in [6, 6.07) is 4.48. The highest BCUT2D eigenvalue weighted by Crippen LogP contribution is 2.28. The molecule has 1 saturated heterocycles. The molecular weight excluding hydrogens is 439 g/mol. The number of amides is 3. The van der Waals surface area contributed by atoms with Crippen molar-refractivity contribution in [2.75, 3.05) is 6.54 Å². The predicted molar refractivity (Wildman–Crippen MR) is 124 cm³/mol. The first kappa shape index (κ1) is 23.9. The molecule has 1 aromatic heterocycles. The highest BCUT2D eigenvalue weighted by molar-refractivity contribution is 6.00. The molecule has 2 fully saturated rings. The molecule has 182 valence electrons. The molecule has 4 N–H and O–H groups in total. The Labute approximate surface area is 197 Å². The average Bonchev–Trinajstić information content (AvgIpc) is 3.46. The van der Waals surface area contributed by atoms with E-state index in [1.54, 1.807) is 18.2 Å². The summed E-state index contributed by atoms with van der Waals surface area (Å²) < 4.78 is 14.1. The first-order chi connectivity index (χ1) is 16.4. The first-order valence-corrected chi connectivity index (χ1v) is 12.1. The molecule has 1 saturated carbocycles. The van der Waals surface area contributed by atoms with Gasteiger partial charge in [-0.25, -0.2) is 4.39 Å². The number of carbonyl (C=O) groups is 4. The van der Waals surface area contributed by atoms with E-state index in [9.17, 15) is 23.6 Å². The SMILES string of the molecule is O=C[C@H](C[C@@H]1CCNC1=O)NC(=O)[C@H](CC1CCCCC1)NC(=O)c1cc2cccc(F)c2[nH]1. The van der Waals surface area contributed by atoms with Crippen molar-refractivity contribution in [2.45, 2.75) is 63.5 Å². The maximum Gasteiger partial charge on any atom is 0.268 e. The van der Waals surface area contributed by atoms with Crippen molar-refractivity contribution in [1.82, 2.24) is 20.9 Å². The van der Waals surface area contributed by atoms with Gasteiger partial charge in [0.25, 0.3) is 5.91 Å². The summed E-state index contributed by atoms with van der Waals surface area (Å²) in [5, 5.41) is 8.82.